The molecule has 2 heterocycles. The second kappa shape index (κ2) is 5.04. The highest BCUT2D eigenvalue weighted by atomic mass is 35.5. The van der Waals surface area contributed by atoms with Crippen molar-refractivity contribution in [2.45, 2.75) is 0 Å². The SMILES string of the molecule is CS(=O)(=O)NCCNc1nc(Cl)nc2[nH]ncc12. The van der Waals surface area contributed by atoms with Crippen molar-refractivity contribution in [1.82, 2.24) is 24.9 Å². The molecule has 0 saturated carbocycles. The van der Waals surface area contributed by atoms with E-state index in [1.165, 1.54) is 0 Å². The van der Waals surface area contributed by atoms with E-state index in [9.17, 15) is 8.42 Å². The number of hydrogen-bond acceptors (Lipinski definition) is 6. The van der Waals surface area contributed by atoms with E-state index < -0.39 is 10.0 Å². The highest BCUT2D eigenvalue weighted by Gasteiger charge is 2.08. The number of aromatic nitrogens is 4. The molecule has 0 aromatic carbocycles. The molecule has 0 spiro atoms. The van der Waals surface area contributed by atoms with Crippen LogP contribution in [0.4, 0.5) is 5.82 Å². The predicted octanol–water partition coefficient (Wildman–Crippen LogP) is -0.0326. The number of nitrogens with zero attached hydrogens (tertiary/aromatic N) is 3. The molecule has 0 bridgehead atoms. The van der Waals surface area contributed by atoms with Gasteiger partial charge in [0.05, 0.1) is 17.8 Å². The van der Waals surface area contributed by atoms with Crippen LogP contribution in [0.2, 0.25) is 5.28 Å². The Bertz CT molecular complexity index is 655. The normalized spacial score (nSPS) is 11.9. The monoisotopic (exact) mass is 290 g/mol. The summed E-state index contributed by atoms with van der Waals surface area (Å²) in [6.07, 6.45) is 2.67. The minimum Gasteiger partial charge on any atom is -0.368 e. The molecule has 2 aromatic rings. The van der Waals surface area contributed by atoms with Crippen molar-refractivity contribution in [3.8, 4) is 0 Å². The number of aromatic amines is 1. The van der Waals surface area contributed by atoms with Gasteiger partial charge in [-0.2, -0.15) is 15.1 Å². The fourth-order valence-electron chi connectivity index (χ4n) is 1.36. The highest BCUT2D eigenvalue weighted by molar-refractivity contribution is 7.88. The lowest BCUT2D eigenvalue weighted by molar-refractivity contribution is 0.589. The van der Waals surface area contributed by atoms with Gasteiger partial charge >= 0.3 is 0 Å². The summed E-state index contributed by atoms with van der Waals surface area (Å²) in [7, 11) is -3.19. The number of sulfonamides is 1. The van der Waals surface area contributed by atoms with E-state index >= 15 is 0 Å². The fourth-order valence-corrected chi connectivity index (χ4v) is 2.00. The molecule has 0 atom stereocenters. The van der Waals surface area contributed by atoms with Gasteiger partial charge in [0.15, 0.2) is 5.65 Å². The third-order valence-electron chi connectivity index (χ3n) is 2.06. The Morgan fingerprint density at radius 1 is 1.39 bits per heavy atom. The van der Waals surface area contributed by atoms with Gasteiger partial charge in [-0.15, -0.1) is 0 Å². The Hall–Kier alpha value is -1.45. The first kappa shape index (κ1) is 13.0. The number of nitrogens with one attached hydrogen (secondary N) is 3. The molecule has 0 aliphatic carbocycles. The van der Waals surface area contributed by atoms with Crippen LogP contribution in [0.15, 0.2) is 6.20 Å². The van der Waals surface area contributed by atoms with Crippen LogP contribution in [0.25, 0.3) is 11.0 Å². The van der Waals surface area contributed by atoms with Gasteiger partial charge in [-0.3, -0.25) is 5.10 Å². The van der Waals surface area contributed by atoms with Crippen molar-refractivity contribution in [3.63, 3.8) is 0 Å². The van der Waals surface area contributed by atoms with E-state index in [0.29, 0.717) is 23.4 Å². The summed E-state index contributed by atoms with van der Waals surface area (Å²) in [4.78, 5) is 7.96. The summed E-state index contributed by atoms with van der Waals surface area (Å²) >= 11 is 5.74. The van der Waals surface area contributed by atoms with Gasteiger partial charge in [0.1, 0.15) is 5.82 Å². The van der Waals surface area contributed by atoms with E-state index in [-0.39, 0.29) is 11.8 Å². The van der Waals surface area contributed by atoms with Crippen molar-refractivity contribution in [3.05, 3.63) is 11.5 Å². The third-order valence-corrected chi connectivity index (χ3v) is 2.96. The maximum Gasteiger partial charge on any atom is 0.226 e. The van der Waals surface area contributed by atoms with Crippen LogP contribution in [0.5, 0.6) is 0 Å². The molecule has 10 heteroatoms. The third kappa shape index (κ3) is 3.28. The van der Waals surface area contributed by atoms with Gasteiger partial charge < -0.3 is 5.32 Å². The zero-order valence-corrected chi connectivity index (χ0v) is 11.0. The Balaban J connectivity index is 2.05. The molecule has 0 aliphatic heterocycles. The van der Waals surface area contributed by atoms with Crippen molar-refractivity contribution >= 4 is 38.5 Å². The molecular weight excluding hydrogens is 280 g/mol. The van der Waals surface area contributed by atoms with Crippen molar-refractivity contribution in [2.75, 3.05) is 24.7 Å². The lowest BCUT2D eigenvalue weighted by atomic mass is 10.4. The minimum atomic E-state index is -3.19. The van der Waals surface area contributed by atoms with Crippen LogP contribution in [-0.4, -0.2) is 47.9 Å². The van der Waals surface area contributed by atoms with E-state index in [1.807, 2.05) is 0 Å². The standard InChI is InChI=1S/C8H11ClN6O2S/c1-18(16,17)12-3-2-10-6-5-4-11-15-7(5)14-8(9)13-6/h4,12H,2-3H2,1H3,(H2,10,11,13,14,15). The minimum absolute atomic E-state index is 0.0883. The molecule has 98 valence electrons. The molecule has 0 fully saturated rings. The van der Waals surface area contributed by atoms with Gasteiger partial charge in [-0.05, 0) is 11.6 Å². The van der Waals surface area contributed by atoms with Gasteiger partial charge in [0.2, 0.25) is 15.3 Å². The lowest BCUT2D eigenvalue weighted by Crippen LogP contribution is -2.27. The summed E-state index contributed by atoms with van der Waals surface area (Å²) in [5.74, 6) is 0.508. The van der Waals surface area contributed by atoms with Crippen LogP contribution in [-0.2, 0) is 10.0 Å². The first-order valence-corrected chi connectivity index (χ1v) is 7.28. The van der Waals surface area contributed by atoms with Crippen molar-refractivity contribution in [1.29, 1.82) is 0 Å². The van der Waals surface area contributed by atoms with E-state index in [0.717, 1.165) is 6.26 Å². The molecule has 0 radical (unpaired) electrons. The van der Waals surface area contributed by atoms with Gasteiger partial charge in [-0.25, -0.2) is 13.1 Å². The number of halogens is 1. The second-order valence-electron chi connectivity index (χ2n) is 3.57. The maximum atomic E-state index is 10.9. The van der Waals surface area contributed by atoms with Gasteiger partial charge in [0.25, 0.3) is 0 Å². The van der Waals surface area contributed by atoms with Crippen LogP contribution >= 0.6 is 11.6 Å². The summed E-state index contributed by atoms with van der Waals surface area (Å²) in [5, 5.41) is 10.3. The van der Waals surface area contributed by atoms with Gasteiger partial charge in [-0.1, -0.05) is 0 Å². The van der Waals surface area contributed by atoms with Crippen LogP contribution in [0, 0.1) is 0 Å². The van der Waals surface area contributed by atoms with Crippen molar-refractivity contribution in [2.24, 2.45) is 0 Å². The van der Waals surface area contributed by atoms with E-state index in [4.69, 9.17) is 11.6 Å². The van der Waals surface area contributed by atoms with E-state index in [1.54, 1.807) is 6.20 Å². The molecule has 8 nitrogen and oxygen atoms in total. The number of fused-ring (bicyclic) bond motifs is 1. The smallest absolute Gasteiger partial charge is 0.226 e. The van der Waals surface area contributed by atoms with Crippen LogP contribution in [0.3, 0.4) is 0 Å². The average Bonchev–Trinajstić information content (AvgIpc) is 2.70. The van der Waals surface area contributed by atoms with Crippen LogP contribution < -0.4 is 10.0 Å². The predicted molar refractivity (Wildman–Crippen MR) is 68.0 cm³/mol. The topological polar surface area (TPSA) is 113 Å². The molecule has 3 N–H and O–H groups in total. The first-order valence-electron chi connectivity index (χ1n) is 5.01. The molecule has 18 heavy (non-hydrogen) atoms. The molecule has 0 aliphatic rings. The summed E-state index contributed by atoms with van der Waals surface area (Å²) in [5.41, 5.74) is 0.522. The zero-order chi connectivity index (χ0) is 13.2. The Morgan fingerprint density at radius 3 is 2.89 bits per heavy atom. The number of rotatable bonds is 5. The highest BCUT2D eigenvalue weighted by Crippen LogP contribution is 2.19. The van der Waals surface area contributed by atoms with Gasteiger partial charge in [0, 0.05) is 13.1 Å². The number of H-pyrrole nitrogens is 1. The average molecular weight is 291 g/mol. The van der Waals surface area contributed by atoms with Crippen LogP contribution in [0.1, 0.15) is 0 Å². The summed E-state index contributed by atoms with van der Waals surface area (Å²) in [6, 6.07) is 0. The Labute approximate surface area is 108 Å². The molecular formula is C8H11ClN6O2S. The summed E-state index contributed by atoms with van der Waals surface area (Å²) < 4.78 is 24.1. The first-order chi connectivity index (χ1) is 8.46. The molecule has 0 unspecified atom stereocenters. The number of hydrogen-bond donors (Lipinski definition) is 3. The molecule has 0 amide bonds. The molecule has 2 aromatic heterocycles. The Kier molecular flexibility index (Phi) is 3.64. The largest absolute Gasteiger partial charge is 0.368 e. The molecule has 0 saturated heterocycles. The lowest BCUT2D eigenvalue weighted by Gasteiger charge is -2.06. The van der Waals surface area contributed by atoms with E-state index in [2.05, 4.69) is 30.2 Å². The summed E-state index contributed by atoms with van der Waals surface area (Å²) in [6.45, 7) is 0.625. The maximum absolute atomic E-state index is 10.9. The van der Waals surface area contributed by atoms with Crippen molar-refractivity contribution < 1.29 is 8.42 Å². The fraction of sp³-hybridized carbons (Fsp3) is 0.375. The zero-order valence-electron chi connectivity index (χ0n) is 9.44. The second-order valence-corrected chi connectivity index (χ2v) is 5.74. The quantitative estimate of drug-likeness (QED) is 0.526. The molecule has 2 rings (SSSR count). The number of anilines is 1. The Morgan fingerprint density at radius 2 is 2.17 bits per heavy atom.